The minimum atomic E-state index is 0.608. The van der Waals surface area contributed by atoms with Crippen LogP contribution in [0.1, 0.15) is 5.69 Å². The number of para-hydroxylation sites is 3. The number of hydrogen-bond donors (Lipinski definition) is 0. The molecule has 2 aromatic carbocycles. The van der Waals surface area contributed by atoms with Gasteiger partial charge in [-0.2, -0.15) is 5.10 Å². The summed E-state index contributed by atoms with van der Waals surface area (Å²) in [5.74, 6) is 0. The second-order valence-corrected chi connectivity index (χ2v) is 4.67. The summed E-state index contributed by atoms with van der Waals surface area (Å²) in [7, 11) is 0. The molecular weight excluding hydrogens is 302 g/mol. The summed E-state index contributed by atoms with van der Waals surface area (Å²) in [4.78, 5) is 3.57. The molecule has 3 nitrogen and oxygen atoms in total. The Hall–Kier alpha value is -2.12. The molecule has 0 spiro atoms. The Kier molecular flexibility index (Phi) is 3.06. The van der Waals surface area contributed by atoms with Crippen molar-refractivity contribution in [2.75, 3.05) is 0 Å². The number of nitrogens with zero attached hydrogens (tertiary/aromatic N) is 3. The van der Waals surface area contributed by atoms with Crippen LogP contribution in [0.15, 0.2) is 48.5 Å². The van der Waals surface area contributed by atoms with E-state index in [0.29, 0.717) is 11.0 Å². The summed E-state index contributed by atoms with van der Waals surface area (Å²) in [5.41, 5.74) is 3.43. The maximum Gasteiger partial charge on any atom is 0.212 e. The standard InChI is InChI=1S/C15H10BrN3/c1-17-12-7-3-5-9-15(12)19-14-8-4-2-6-11(14)13(10-16)18-19/h2-9H,10H2. The van der Waals surface area contributed by atoms with Gasteiger partial charge in [0.1, 0.15) is 0 Å². The van der Waals surface area contributed by atoms with Gasteiger partial charge in [0.15, 0.2) is 0 Å². The molecule has 0 bridgehead atoms. The van der Waals surface area contributed by atoms with Crippen molar-refractivity contribution in [3.63, 3.8) is 0 Å². The molecule has 19 heavy (non-hydrogen) atoms. The fraction of sp³-hybridized carbons (Fsp3) is 0.0667. The highest BCUT2D eigenvalue weighted by molar-refractivity contribution is 9.08. The second-order valence-electron chi connectivity index (χ2n) is 4.11. The monoisotopic (exact) mass is 311 g/mol. The average Bonchev–Trinajstić information content (AvgIpc) is 2.86. The highest BCUT2D eigenvalue weighted by Gasteiger charge is 2.12. The highest BCUT2D eigenvalue weighted by Crippen LogP contribution is 2.28. The molecular formula is C15H10BrN3. The third-order valence-corrected chi connectivity index (χ3v) is 3.55. The first-order valence-corrected chi connectivity index (χ1v) is 6.97. The van der Waals surface area contributed by atoms with Crippen LogP contribution < -0.4 is 0 Å². The Morgan fingerprint density at radius 2 is 1.84 bits per heavy atom. The number of aromatic nitrogens is 2. The third kappa shape index (κ3) is 1.92. The molecule has 0 fully saturated rings. The first kappa shape index (κ1) is 11.9. The van der Waals surface area contributed by atoms with Crippen LogP contribution in [0.4, 0.5) is 5.69 Å². The van der Waals surface area contributed by atoms with Crippen molar-refractivity contribution in [2.45, 2.75) is 5.33 Å². The smallest absolute Gasteiger partial charge is 0.212 e. The van der Waals surface area contributed by atoms with Gasteiger partial charge in [-0.3, -0.25) is 0 Å². The summed E-state index contributed by atoms with van der Waals surface area (Å²) in [5, 5.41) is 6.42. The molecule has 0 aliphatic carbocycles. The van der Waals surface area contributed by atoms with Crippen molar-refractivity contribution in [3.8, 4) is 5.69 Å². The van der Waals surface area contributed by atoms with Crippen molar-refractivity contribution < 1.29 is 0 Å². The van der Waals surface area contributed by atoms with E-state index in [1.165, 1.54) is 0 Å². The van der Waals surface area contributed by atoms with E-state index in [2.05, 4.69) is 31.9 Å². The number of halogens is 1. The molecule has 1 heterocycles. The summed E-state index contributed by atoms with van der Waals surface area (Å²) in [6.45, 7) is 7.27. The topological polar surface area (TPSA) is 22.2 Å². The lowest BCUT2D eigenvalue weighted by Gasteiger charge is -2.05. The van der Waals surface area contributed by atoms with Crippen LogP contribution in [0.3, 0.4) is 0 Å². The van der Waals surface area contributed by atoms with E-state index in [0.717, 1.165) is 22.3 Å². The van der Waals surface area contributed by atoms with Crippen LogP contribution in [-0.2, 0) is 5.33 Å². The summed E-state index contributed by atoms with van der Waals surface area (Å²) in [6.07, 6.45) is 0. The van der Waals surface area contributed by atoms with E-state index >= 15 is 0 Å². The fourth-order valence-corrected chi connectivity index (χ4v) is 2.57. The van der Waals surface area contributed by atoms with Crippen molar-refractivity contribution in [1.29, 1.82) is 0 Å². The fourth-order valence-electron chi connectivity index (χ4n) is 2.15. The zero-order chi connectivity index (χ0) is 13.2. The van der Waals surface area contributed by atoms with E-state index in [1.807, 2.05) is 47.1 Å². The maximum absolute atomic E-state index is 7.27. The predicted molar refractivity (Wildman–Crippen MR) is 80.0 cm³/mol. The molecule has 3 rings (SSSR count). The molecule has 0 saturated carbocycles. The van der Waals surface area contributed by atoms with Gasteiger partial charge in [-0.1, -0.05) is 52.3 Å². The second kappa shape index (κ2) is 4.87. The van der Waals surface area contributed by atoms with Crippen LogP contribution in [0, 0.1) is 6.57 Å². The van der Waals surface area contributed by atoms with Crippen LogP contribution in [-0.4, -0.2) is 9.78 Å². The molecule has 92 valence electrons. The van der Waals surface area contributed by atoms with Gasteiger partial charge in [-0.25, -0.2) is 9.53 Å². The number of fused-ring (bicyclic) bond motifs is 1. The van der Waals surface area contributed by atoms with E-state index in [4.69, 9.17) is 6.57 Å². The molecule has 3 aromatic rings. The van der Waals surface area contributed by atoms with Crippen LogP contribution in [0.25, 0.3) is 21.4 Å². The number of hydrogen-bond acceptors (Lipinski definition) is 1. The van der Waals surface area contributed by atoms with Crippen molar-refractivity contribution in [3.05, 3.63) is 65.6 Å². The minimum Gasteiger partial charge on any atom is -0.243 e. The third-order valence-electron chi connectivity index (χ3n) is 3.02. The molecule has 0 unspecified atom stereocenters. The predicted octanol–water partition coefficient (Wildman–Crippen LogP) is 4.47. The van der Waals surface area contributed by atoms with Gasteiger partial charge in [0.2, 0.25) is 5.69 Å². The highest BCUT2D eigenvalue weighted by atomic mass is 79.9. The first-order chi connectivity index (χ1) is 9.35. The lowest BCUT2D eigenvalue weighted by Crippen LogP contribution is -1.96. The van der Waals surface area contributed by atoms with Crippen LogP contribution in [0.2, 0.25) is 0 Å². The maximum atomic E-state index is 7.27. The van der Waals surface area contributed by atoms with Crippen molar-refractivity contribution in [2.24, 2.45) is 0 Å². The Morgan fingerprint density at radius 1 is 1.11 bits per heavy atom. The normalized spacial score (nSPS) is 10.5. The molecule has 1 aromatic heterocycles. The lowest BCUT2D eigenvalue weighted by atomic mass is 10.2. The Morgan fingerprint density at radius 3 is 2.63 bits per heavy atom. The Bertz CT molecular complexity index is 783. The van der Waals surface area contributed by atoms with Crippen molar-refractivity contribution >= 4 is 32.5 Å². The number of alkyl halides is 1. The van der Waals surface area contributed by atoms with Crippen LogP contribution in [0.5, 0.6) is 0 Å². The molecule has 0 saturated heterocycles. The first-order valence-electron chi connectivity index (χ1n) is 5.84. The van der Waals surface area contributed by atoms with E-state index in [1.54, 1.807) is 0 Å². The molecule has 0 aliphatic heterocycles. The van der Waals surface area contributed by atoms with Gasteiger partial charge >= 0.3 is 0 Å². The zero-order valence-electron chi connectivity index (χ0n) is 10.0. The van der Waals surface area contributed by atoms with Gasteiger partial charge in [0.05, 0.1) is 23.5 Å². The quantitative estimate of drug-likeness (QED) is 0.505. The van der Waals surface area contributed by atoms with Gasteiger partial charge in [-0.05, 0) is 12.1 Å². The molecule has 0 radical (unpaired) electrons. The minimum absolute atomic E-state index is 0.608. The zero-order valence-corrected chi connectivity index (χ0v) is 11.6. The molecule has 0 aliphatic rings. The summed E-state index contributed by atoms with van der Waals surface area (Å²) in [6, 6.07) is 15.6. The Balaban J connectivity index is 2.35. The van der Waals surface area contributed by atoms with E-state index < -0.39 is 0 Å². The Labute approximate surface area is 119 Å². The molecule has 0 N–H and O–H groups in total. The van der Waals surface area contributed by atoms with E-state index in [9.17, 15) is 0 Å². The molecule has 4 heteroatoms. The van der Waals surface area contributed by atoms with Gasteiger partial charge < -0.3 is 0 Å². The lowest BCUT2D eigenvalue weighted by molar-refractivity contribution is 0.889. The number of rotatable bonds is 2. The summed E-state index contributed by atoms with van der Waals surface area (Å²) < 4.78 is 1.85. The van der Waals surface area contributed by atoms with Crippen LogP contribution >= 0.6 is 15.9 Å². The molecule has 0 atom stereocenters. The van der Waals surface area contributed by atoms with E-state index in [-0.39, 0.29) is 0 Å². The van der Waals surface area contributed by atoms with Gasteiger partial charge in [0.25, 0.3) is 0 Å². The summed E-state index contributed by atoms with van der Waals surface area (Å²) >= 11 is 3.46. The average molecular weight is 312 g/mol. The largest absolute Gasteiger partial charge is 0.243 e. The molecule has 0 amide bonds. The van der Waals surface area contributed by atoms with Crippen molar-refractivity contribution in [1.82, 2.24) is 9.78 Å². The number of benzene rings is 2. The van der Waals surface area contributed by atoms with Gasteiger partial charge in [-0.15, -0.1) is 0 Å². The van der Waals surface area contributed by atoms with Gasteiger partial charge in [0, 0.05) is 10.7 Å². The SMILES string of the molecule is [C-]#[N+]c1ccccc1-n1nc(CBr)c2ccccc21.